The molecule has 3 aromatic carbocycles. The van der Waals surface area contributed by atoms with E-state index in [4.69, 9.17) is 0 Å². The number of nitrogens with zero attached hydrogens (tertiary/aromatic N) is 2. The number of amides is 2. The standard InChI is InChI=1S/C22H17FN4O2S2/c23-16-10-8-14(9-11-16)12-19(28)25-21-26-27-22(31-21)30-13-20(29)24-18-7-3-5-15-4-1-2-6-17(15)18/h1-11H,12-13H2,(H,24,29)(H,25,26,28). The first-order chi connectivity index (χ1) is 15.1. The number of fused-ring (bicyclic) bond motifs is 1. The van der Waals surface area contributed by atoms with Crippen molar-refractivity contribution in [3.8, 4) is 0 Å². The van der Waals surface area contributed by atoms with E-state index in [2.05, 4.69) is 20.8 Å². The average Bonchev–Trinajstić information content (AvgIpc) is 3.21. The molecular formula is C22H17FN4O2S2. The summed E-state index contributed by atoms with van der Waals surface area (Å²) in [7, 11) is 0. The molecule has 0 unspecified atom stereocenters. The predicted octanol–water partition coefficient (Wildman–Crippen LogP) is 4.74. The zero-order valence-corrected chi connectivity index (χ0v) is 17.8. The summed E-state index contributed by atoms with van der Waals surface area (Å²) in [5.41, 5.74) is 1.46. The molecule has 0 fully saturated rings. The number of carbonyl (C=O) groups is 2. The van der Waals surface area contributed by atoms with Crippen molar-refractivity contribution in [2.24, 2.45) is 0 Å². The van der Waals surface area contributed by atoms with E-state index >= 15 is 0 Å². The second kappa shape index (κ2) is 9.67. The number of rotatable bonds is 7. The third-order valence-corrected chi connectivity index (χ3v) is 6.29. The van der Waals surface area contributed by atoms with E-state index in [0.29, 0.717) is 15.0 Å². The van der Waals surface area contributed by atoms with Gasteiger partial charge in [-0.05, 0) is 29.1 Å². The number of hydrogen-bond donors (Lipinski definition) is 2. The van der Waals surface area contributed by atoms with Gasteiger partial charge in [-0.2, -0.15) is 0 Å². The topological polar surface area (TPSA) is 84.0 Å². The maximum atomic E-state index is 12.9. The number of benzene rings is 3. The number of halogens is 1. The lowest BCUT2D eigenvalue weighted by atomic mass is 10.1. The van der Waals surface area contributed by atoms with E-state index < -0.39 is 0 Å². The van der Waals surface area contributed by atoms with Crippen LogP contribution in [0.4, 0.5) is 15.2 Å². The van der Waals surface area contributed by atoms with Crippen LogP contribution in [-0.2, 0) is 16.0 Å². The molecule has 4 aromatic rings. The Morgan fingerprint density at radius 2 is 1.68 bits per heavy atom. The van der Waals surface area contributed by atoms with Gasteiger partial charge in [0.1, 0.15) is 5.82 Å². The summed E-state index contributed by atoms with van der Waals surface area (Å²) >= 11 is 2.44. The Labute approximate surface area is 185 Å². The molecule has 0 saturated carbocycles. The second-order valence-corrected chi connectivity index (χ2v) is 8.79. The van der Waals surface area contributed by atoms with Gasteiger partial charge in [0.25, 0.3) is 0 Å². The van der Waals surface area contributed by atoms with E-state index in [1.165, 1.54) is 35.2 Å². The number of nitrogens with one attached hydrogen (secondary N) is 2. The van der Waals surface area contributed by atoms with Gasteiger partial charge in [-0.25, -0.2) is 4.39 Å². The molecule has 0 atom stereocenters. The van der Waals surface area contributed by atoms with Gasteiger partial charge in [0.05, 0.1) is 12.2 Å². The van der Waals surface area contributed by atoms with Crippen molar-refractivity contribution in [2.75, 3.05) is 16.4 Å². The highest BCUT2D eigenvalue weighted by atomic mass is 32.2. The number of hydrogen-bond acceptors (Lipinski definition) is 6. The van der Waals surface area contributed by atoms with Crippen LogP contribution in [0.5, 0.6) is 0 Å². The van der Waals surface area contributed by atoms with Gasteiger partial charge < -0.3 is 10.6 Å². The summed E-state index contributed by atoms with van der Waals surface area (Å²) in [5.74, 6) is -0.604. The predicted molar refractivity (Wildman–Crippen MR) is 122 cm³/mol. The van der Waals surface area contributed by atoms with E-state index in [9.17, 15) is 14.0 Å². The Balaban J connectivity index is 1.29. The molecule has 2 amide bonds. The Kier molecular flexibility index (Phi) is 6.54. The summed E-state index contributed by atoms with van der Waals surface area (Å²) in [6.45, 7) is 0. The molecule has 0 spiro atoms. The van der Waals surface area contributed by atoms with Crippen LogP contribution < -0.4 is 10.6 Å². The minimum absolute atomic E-state index is 0.107. The minimum atomic E-state index is -0.348. The third-order valence-electron chi connectivity index (χ3n) is 4.32. The quantitative estimate of drug-likeness (QED) is 0.313. The fourth-order valence-corrected chi connectivity index (χ4v) is 4.49. The summed E-state index contributed by atoms with van der Waals surface area (Å²) in [6.07, 6.45) is 0.107. The van der Waals surface area contributed by atoms with Crippen LogP contribution in [-0.4, -0.2) is 27.8 Å². The van der Waals surface area contributed by atoms with Gasteiger partial charge >= 0.3 is 0 Å². The second-order valence-electron chi connectivity index (χ2n) is 6.59. The number of thioether (sulfide) groups is 1. The lowest BCUT2D eigenvalue weighted by molar-refractivity contribution is -0.115. The van der Waals surface area contributed by atoms with Crippen molar-refractivity contribution in [2.45, 2.75) is 10.8 Å². The van der Waals surface area contributed by atoms with Gasteiger partial charge in [0, 0.05) is 11.1 Å². The fraction of sp³-hybridized carbons (Fsp3) is 0.0909. The van der Waals surface area contributed by atoms with Gasteiger partial charge in [0.15, 0.2) is 4.34 Å². The first-order valence-corrected chi connectivity index (χ1v) is 11.2. The highest BCUT2D eigenvalue weighted by Gasteiger charge is 2.12. The van der Waals surface area contributed by atoms with Gasteiger partial charge in [0.2, 0.25) is 16.9 Å². The van der Waals surface area contributed by atoms with Crippen LogP contribution in [0.15, 0.2) is 71.1 Å². The molecule has 9 heteroatoms. The van der Waals surface area contributed by atoms with E-state index in [1.54, 1.807) is 12.1 Å². The van der Waals surface area contributed by atoms with Gasteiger partial charge in [-0.3, -0.25) is 9.59 Å². The SMILES string of the molecule is O=C(Cc1ccc(F)cc1)Nc1nnc(SCC(=O)Nc2cccc3ccccc23)s1. The minimum Gasteiger partial charge on any atom is -0.325 e. The smallest absolute Gasteiger partial charge is 0.234 e. The normalized spacial score (nSPS) is 10.7. The van der Waals surface area contributed by atoms with Crippen molar-refractivity contribution in [3.05, 3.63) is 78.1 Å². The van der Waals surface area contributed by atoms with Crippen molar-refractivity contribution < 1.29 is 14.0 Å². The molecule has 0 aliphatic rings. The zero-order chi connectivity index (χ0) is 21.6. The molecule has 0 saturated heterocycles. The molecule has 2 N–H and O–H groups in total. The largest absolute Gasteiger partial charge is 0.325 e. The number of aromatic nitrogens is 2. The van der Waals surface area contributed by atoms with Crippen LogP contribution >= 0.6 is 23.1 Å². The Hall–Kier alpha value is -3.30. The maximum absolute atomic E-state index is 12.9. The molecule has 4 rings (SSSR count). The highest BCUT2D eigenvalue weighted by Crippen LogP contribution is 2.27. The van der Waals surface area contributed by atoms with Crippen molar-refractivity contribution in [1.29, 1.82) is 0 Å². The molecule has 0 aliphatic heterocycles. The van der Waals surface area contributed by atoms with Crippen molar-refractivity contribution in [3.63, 3.8) is 0 Å². The van der Waals surface area contributed by atoms with Crippen LogP contribution in [0.2, 0.25) is 0 Å². The van der Waals surface area contributed by atoms with Crippen LogP contribution in [0.25, 0.3) is 10.8 Å². The van der Waals surface area contributed by atoms with Crippen LogP contribution in [0, 0.1) is 5.82 Å². The van der Waals surface area contributed by atoms with E-state index in [1.807, 2.05) is 42.5 Å². The Bertz CT molecular complexity index is 1220. The monoisotopic (exact) mass is 452 g/mol. The van der Waals surface area contributed by atoms with Crippen molar-refractivity contribution >= 4 is 56.5 Å². The summed E-state index contributed by atoms with van der Waals surface area (Å²) in [4.78, 5) is 24.5. The molecule has 156 valence electrons. The third kappa shape index (κ3) is 5.65. The van der Waals surface area contributed by atoms with Crippen LogP contribution in [0.1, 0.15) is 5.56 Å². The molecule has 0 bridgehead atoms. The van der Waals surface area contributed by atoms with Crippen molar-refractivity contribution in [1.82, 2.24) is 10.2 Å². The molecule has 0 aliphatic carbocycles. The average molecular weight is 453 g/mol. The van der Waals surface area contributed by atoms with Crippen LogP contribution in [0.3, 0.4) is 0 Å². The van der Waals surface area contributed by atoms with Gasteiger partial charge in [-0.1, -0.05) is 71.6 Å². The lowest BCUT2D eigenvalue weighted by Crippen LogP contribution is -2.14. The first kappa shape index (κ1) is 21.0. The summed E-state index contributed by atoms with van der Waals surface area (Å²) < 4.78 is 13.5. The summed E-state index contributed by atoms with van der Waals surface area (Å²) in [6, 6.07) is 19.3. The first-order valence-electron chi connectivity index (χ1n) is 9.35. The number of carbonyl (C=O) groups excluding carboxylic acids is 2. The molecule has 1 aromatic heterocycles. The fourth-order valence-electron chi connectivity index (χ4n) is 2.92. The Morgan fingerprint density at radius 3 is 2.52 bits per heavy atom. The Morgan fingerprint density at radius 1 is 0.903 bits per heavy atom. The maximum Gasteiger partial charge on any atom is 0.234 e. The molecular weight excluding hydrogens is 435 g/mol. The van der Waals surface area contributed by atoms with Gasteiger partial charge in [-0.15, -0.1) is 10.2 Å². The van der Waals surface area contributed by atoms with E-state index in [-0.39, 0.29) is 29.8 Å². The number of anilines is 2. The zero-order valence-electron chi connectivity index (χ0n) is 16.2. The molecule has 31 heavy (non-hydrogen) atoms. The van der Waals surface area contributed by atoms with E-state index in [0.717, 1.165) is 16.5 Å². The highest BCUT2D eigenvalue weighted by molar-refractivity contribution is 8.01. The summed E-state index contributed by atoms with van der Waals surface area (Å²) in [5, 5.41) is 15.9. The lowest BCUT2D eigenvalue weighted by Gasteiger charge is -2.08. The molecule has 1 heterocycles. The molecule has 6 nitrogen and oxygen atoms in total. The molecule has 0 radical (unpaired) electrons.